The normalized spacial score (nSPS) is 21.0. The van der Waals surface area contributed by atoms with Crippen molar-refractivity contribution in [3.8, 4) is 0 Å². The van der Waals surface area contributed by atoms with Crippen LogP contribution in [-0.4, -0.2) is 24.1 Å². The van der Waals surface area contributed by atoms with E-state index >= 15 is 0 Å². The Labute approximate surface area is 89.0 Å². The van der Waals surface area contributed by atoms with Crippen LogP contribution in [0.2, 0.25) is 0 Å². The van der Waals surface area contributed by atoms with Crippen LogP contribution in [0.25, 0.3) is 0 Å². The second-order valence-electron chi connectivity index (χ2n) is 4.57. The van der Waals surface area contributed by atoms with Gasteiger partial charge in [-0.05, 0) is 26.2 Å². The predicted molar refractivity (Wildman–Crippen MR) is 62.2 cm³/mol. The predicted octanol–water partition coefficient (Wildman–Crippen LogP) is 2.95. The molecule has 0 radical (unpaired) electrons. The number of hydrogen-bond donors (Lipinski definition) is 1. The van der Waals surface area contributed by atoms with E-state index in [-0.39, 0.29) is 0 Å². The van der Waals surface area contributed by atoms with Gasteiger partial charge in [-0.25, -0.2) is 5.01 Å². The number of rotatable bonds is 6. The van der Waals surface area contributed by atoms with Crippen molar-refractivity contribution in [2.24, 2.45) is 0 Å². The summed E-state index contributed by atoms with van der Waals surface area (Å²) in [5.41, 5.74) is 3.61. The van der Waals surface area contributed by atoms with Gasteiger partial charge in [-0.2, -0.15) is 0 Å². The van der Waals surface area contributed by atoms with Gasteiger partial charge in [0, 0.05) is 19.1 Å². The number of unbranched alkanes of at least 4 members (excludes halogenated alkanes) is 2. The van der Waals surface area contributed by atoms with Crippen molar-refractivity contribution in [2.45, 2.75) is 64.8 Å². The molecule has 0 spiro atoms. The second-order valence-corrected chi connectivity index (χ2v) is 4.57. The summed E-state index contributed by atoms with van der Waals surface area (Å²) in [5.74, 6) is 0. The highest BCUT2D eigenvalue weighted by Gasteiger charge is 2.11. The summed E-state index contributed by atoms with van der Waals surface area (Å²) in [6.45, 7) is 7.07. The topological polar surface area (TPSA) is 15.3 Å². The monoisotopic (exact) mass is 198 g/mol. The Morgan fingerprint density at radius 1 is 1.14 bits per heavy atom. The lowest BCUT2D eigenvalue weighted by molar-refractivity contribution is 0.129. The quantitative estimate of drug-likeness (QED) is 0.660. The lowest BCUT2D eigenvalue weighted by Gasteiger charge is -2.30. The fraction of sp³-hybridized carbons (Fsp3) is 1.00. The van der Waals surface area contributed by atoms with Gasteiger partial charge < -0.3 is 0 Å². The molecule has 14 heavy (non-hydrogen) atoms. The van der Waals surface area contributed by atoms with Crippen molar-refractivity contribution < 1.29 is 0 Å². The molecule has 1 aliphatic heterocycles. The Kier molecular flexibility index (Phi) is 6.20. The summed E-state index contributed by atoms with van der Waals surface area (Å²) < 4.78 is 0. The minimum atomic E-state index is 0.666. The molecule has 1 fully saturated rings. The van der Waals surface area contributed by atoms with Gasteiger partial charge in [0.2, 0.25) is 0 Å². The largest absolute Gasteiger partial charge is 0.252 e. The van der Waals surface area contributed by atoms with E-state index in [1.54, 1.807) is 0 Å². The Balaban J connectivity index is 2.03. The third kappa shape index (κ3) is 4.97. The van der Waals surface area contributed by atoms with E-state index in [4.69, 9.17) is 0 Å². The molecular weight excluding hydrogens is 172 g/mol. The maximum atomic E-state index is 3.61. The van der Waals surface area contributed by atoms with Gasteiger partial charge in [0.1, 0.15) is 0 Å². The van der Waals surface area contributed by atoms with Crippen LogP contribution in [0, 0.1) is 0 Å². The standard InChI is InChI=1S/C12H26N2/c1-3-4-6-9-12(2)13-14-10-7-5-8-11-14/h12-13H,3-11H2,1-2H3. The lowest BCUT2D eigenvalue weighted by Crippen LogP contribution is -2.46. The van der Waals surface area contributed by atoms with Crippen molar-refractivity contribution in [1.29, 1.82) is 0 Å². The third-order valence-electron chi connectivity index (χ3n) is 3.00. The molecule has 1 N–H and O–H groups in total. The van der Waals surface area contributed by atoms with Crippen LogP contribution in [0.3, 0.4) is 0 Å². The number of nitrogens with one attached hydrogen (secondary N) is 1. The molecule has 1 unspecified atom stereocenters. The van der Waals surface area contributed by atoms with Gasteiger partial charge in [-0.15, -0.1) is 0 Å². The highest BCUT2D eigenvalue weighted by Crippen LogP contribution is 2.08. The first-order valence-corrected chi connectivity index (χ1v) is 6.34. The fourth-order valence-corrected chi connectivity index (χ4v) is 2.10. The fourth-order valence-electron chi connectivity index (χ4n) is 2.10. The Morgan fingerprint density at radius 2 is 1.86 bits per heavy atom. The van der Waals surface area contributed by atoms with Gasteiger partial charge in [0.05, 0.1) is 0 Å². The molecule has 0 bridgehead atoms. The zero-order valence-electron chi connectivity index (χ0n) is 9.89. The van der Waals surface area contributed by atoms with Gasteiger partial charge >= 0.3 is 0 Å². The molecule has 0 aromatic carbocycles. The minimum Gasteiger partial charge on any atom is -0.252 e. The van der Waals surface area contributed by atoms with Gasteiger partial charge in [-0.1, -0.05) is 32.6 Å². The summed E-state index contributed by atoms with van der Waals surface area (Å²) >= 11 is 0. The molecule has 1 heterocycles. The van der Waals surface area contributed by atoms with Crippen LogP contribution in [0.4, 0.5) is 0 Å². The van der Waals surface area contributed by atoms with E-state index < -0.39 is 0 Å². The van der Waals surface area contributed by atoms with Gasteiger partial charge in [-0.3, -0.25) is 5.43 Å². The van der Waals surface area contributed by atoms with E-state index in [0.717, 1.165) is 0 Å². The maximum absolute atomic E-state index is 3.61. The first kappa shape index (κ1) is 12.0. The summed E-state index contributed by atoms with van der Waals surface area (Å²) in [5, 5.41) is 2.42. The summed E-state index contributed by atoms with van der Waals surface area (Å²) in [6.07, 6.45) is 9.57. The molecule has 0 amide bonds. The van der Waals surface area contributed by atoms with Crippen LogP contribution >= 0.6 is 0 Å². The van der Waals surface area contributed by atoms with E-state index in [1.807, 2.05) is 0 Å². The van der Waals surface area contributed by atoms with Crippen molar-refractivity contribution >= 4 is 0 Å². The van der Waals surface area contributed by atoms with Gasteiger partial charge in [0.15, 0.2) is 0 Å². The molecule has 1 aliphatic rings. The molecule has 0 aromatic rings. The molecule has 0 saturated carbocycles. The molecule has 0 aliphatic carbocycles. The average Bonchev–Trinajstić information content (AvgIpc) is 2.20. The molecule has 1 saturated heterocycles. The number of piperidine rings is 1. The van der Waals surface area contributed by atoms with Crippen molar-refractivity contribution in [2.75, 3.05) is 13.1 Å². The van der Waals surface area contributed by atoms with Crippen LogP contribution in [0.1, 0.15) is 58.8 Å². The lowest BCUT2D eigenvalue weighted by atomic mass is 10.1. The molecule has 0 aromatic heterocycles. The van der Waals surface area contributed by atoms with E-state index in [9.17, 15) is 0 Å². The minimum absolute atomic E-state index is 0.666. The molecule has 84 valence electrons. The number of nitrogens with zero attached hydrogens (tertiary/aromatic N) is 1. The molecular formula is C12H26N2. The SMILES string of the molecule is CCCCCC(C)NN1CCCCC1. The van der Waals surface area contributed by atoms with E-state index in [0.29, 0.717) is 6.04 Å². The number of hydrazine groups is 1. The van der Waals surface area contributed by atoms with Crippen LogP contribution in [-0.2, 0) is 0 Å². The van der Waals surface area contributed by atoms with Crippen molar-refractivity contribution in [3.63, 3.8) is 0 Å². The smallest absolute Gasteiger partial charge is 0.0187 e. The van der Waals surface area contributed by atoms with Crippen LogP contribution in [0.5, 0.6) is 0 Å². The van der Waals surface area contributed by atoms with E-state index in [2.05, 4.69) is 24.3 Å². The molecule has 1 atom stereocenters. The highest BCUT2D eigenvalue weighted by molar-refractivity contribution is 4.64. The molecule has 1 rings (SSSR count). The molecule has 2 nitrogen and oxygen atoms in total. The summed E-state index contributed by atoms with van der Waals surface area (Å²) in [4.78, 5) is 0. The van der Waals surface area contributed by atoms with Crippen LogP contribution < -0.4 is 5.43 Å². The first-order valence-electron chi connectivity index (χ1n) is 6.34. The highest BCUT2D eigenvalue weighted by atomic mass is 15.5. The van der Waals surface area contributed by atoms with Crippen molar-refractivity contribution in [3.05, 3.63) is 0 Å². The van der Waals surface area contributed by atoms with Crippen LogP contribution in [0.15, 0.2) is 0 Å². The zero-order chi connectivity index (χ0) is 10.2. The van der Waals surface area contributed by atoms with Gasteiger partial charge in [0.25, 0.3) is 0 Å². The zero-order valence-corrected chi connectivity index (χ0v) is 9.89. The van der Waals surface area contributed by atoms with Crippen molar-refractivity contribution in [1.82, 2.24) is 10.4 Å². The number of hydrogen-bond acceptors (Lipinski definition) is 2. The maximum Gasteiger partial charge on any atom is 0.0187 e. The second kappa shape index (κ2) is 7.24. The Morgan fingerprint density at radius 3 is 2.50 bits per heavy atom. The summed E-state index contributed by atoms with van der Waals surface area (Å²) in [6, 6.07) is 0.666. The Hall–Kier alpha value is -0.0800. The summed E-state index contributed by atoms with van der Waals surface area (Å²) in [7, 11) is 0. The third-order valence-corrected chi connectivity index (χ3v) is 3.00. The first-order chi connectivity index (χ1) is 6.83. The van der Waals surface area contributed by atoms with E-state index in [1.165, 1.54) is 58.0 Å². The Bertz CT molecular complexity index is 130. The average molecular weight is 198 g/mol. The molecule has 2 heteroatoms.